The van der Waals surface area contributed by atoms with Crippen molar-refractivity contribution in [2.24, 2.45) is 23.5 Å². The topological polar surface area (TPSA) is 339 Å². The Morgan fingerprint density at radius 2 is 0.947 bits per heavy atom. The van der Waals surface area contributed by atoms with Crippen molar-refractivity contribution in [1.82, 2.24) is 63.7 Å². The number of amides is 1. The lowest BCUT2D eigenvalue weighted by Crippen LogP contribution is -2.27. The van der Waals surface area contributed by atoms with E-state index in [1.165, 1.54) is 38.2 Å². The van der Waals surface area contributed by atoms with Crippen molar-refractivity contribution in [2.75, 3.05) is 31.4 Å². The van der Waals surface area contributed by atoms with Crippen LogP contribution in [-0.2, 0) is 31.5 Å². The van der Waals surface area contributed by atoms with Crippen LogP contribution in [-0.4, -0.2) is 101 Å². The number of esters is 1. The van der Waals surface area contributed by atoms with E-state index in [2.05, 4.69) is 35.2 Å². The molecule has 3 saturated carbocycles. The number of benzene rings is 3. The van der Waals surface area contributed by atoms with Gasteiger partial charge in [-0.3, -0.25) is 14.4 Å². The minimum absolute atomic E-state index is 0.0266. The van der Waals surface area contributed by atoms with Crippen molar-refractivity contribution < 1.29 is 55.3 Å². The zero-order valence-electron chi connectivity index (χ0n) is 50.9. The van der Waals surface area contributed by atoms with Gasteiger partial charge in [0.1, 0.15) is 75.8 Å². The predicted molar refractivity (Wildman–Crippen MR) is 344 cm³/mol. The zero-order chi connectivity index (χ0) is 66.8. The molecule has 10 N–H and O–H groups in total. The molecule has 1 amide bonds. The Morgan fingerprint density at radius 1 is 0.547 bits per heavy atom. The number of hydrogen-bond acceptors (Lipinski definition) is 19. The number of aromatic nitrogens is 13. The summed E-state index contributed by atoms with van der Waals surface area (Å²) >= 11 is 2.03. The number of para-hydroxylation sites is 1. The average Bonchev–Trinajstić information content (AvgIpc) is 1.61. The van der Waals surface area contributed by atoms with Gasteiger partial charge < -0.3 is 42.5 Å². The molecule has 0 saturated heterocycles. The van der Waals surface area contributed by atoms with Crippen LogP contribution in [0.15, 0.2) is 91.8 Å². The molecule has 9 heterocycles. The number of carbonyl (C=O) groups is 3. The van der Waals surface area contributed by atoms with Crippen LogP contribution in [0.4, 0.5) is 43.8 Å². The smallest absolute Gasteiger partial charge is 0.417 e. The number of carboxylic acids is 1. The van der Waals surface area contributed by atoms with Crippen molar-refractivity contribution in [3.63, 3.8) is 0 Å². The molecule has 23 nitrogen and oxygen atoms in total. The summed E-state index contributed by atoms with van der Waals surface area (Å²) in [5, 5.41) is 24.3. The number of nitrogens with one attached hydrogen (secondary N) is 1. The minimum Gasteiger partial charge on any atom is -0.495 e. The number of primary amides is 1. The van der Waals surface area contributed by atoms with Crippen LogP contribution in [0, 0.1) is 17.8 Å². The van der Waals surface area contributed by atoms with Gasteiger partial charge >= 0.3 is 24.3 Å². The van der Waals surface area contributed by atoms with Gasteiger partial charge in [-0.15, -0.1) is 22.7 Å². The van der Waals surface area contributed by atoms with Gasteiger partial charge in [0.25, 0.3) is 0 Å². The minimum atomic E-state index is -4.46. The summed E-state index contributed by atoms with van der Waals surface area (Å²) in [5.41, 5.74) is 27.6. The molecule has 0 spiro atoms. The molecule has 15 rings (SSSR count). The fourth-order valence-corrected chi connectivity index (χ4v) is 15.8. The van der Waals surface area contributed by atoms with E-state index in [4.69, 9.17) is 47.4 Å². The number of aliphatic carboxylic acids is 1. The summed E-state index contributed by atoms with van der Waals surface area (Å²) in [4.78, 5) is 66.1. The summed E-state index contributed by atoms with van der Waals surface area (Å²) < 4.78 is 96.7. The number of hydrogen-bond donors (Lipinski definition) is 6. The van der Waals surface area contributed by atoms with Crippen molar-refractivity contribution in [2.45, 2.75) is 107 Å². The highest BCUT2D eigenvalue weighted by Gasteiger charge is 2.38. The second-order valence-corrected chi connectivity index (χ2v) is 26.0. The quantitative estimate of drug-likeness (QED) is 0.0547. The molecule has 3 aromatic carbocycles. The molecule has 9 aromatic heterocycles. The van der Waals surface area contributed by atoms with Gasteiger partial charge in [0.05, 0.1) is 58.1 Å². The van der Waals surface area contributed by atoms with Crippen molar-refractivity contribution in [1.29, 1.82) is 0 Å². The maximum absolute atomic E-state index is 13.5. The van der Waals surface area contributed by atoms with E-state index in [1.807, 2.05) is 24.3 Å². The molecular weight excluding hydrogens is 1280 g/mol. The van der Waals surface area contributed by atoms with Gasteiger partial charge in [0, 0.05) is 38.5 Å². The number of imidazole rings is 3. The first-order chi connectivity index (χ1) is 45.6. The number of nitrogens with zero attached hydrogens (tertiary/aromatic N) is 12. The van der Waals surface area contributed by atoms with Crippen LogP contribution in [0.3, 0.4) is 0 Å². The number of nitrogens with two attached hydrogens (primary N) is 4. The summed E-state index contributed by atoms with van der Waals surface area (Å²) in [6.07, 6.45) is 3.43. The molecule has 0 unspecified atom stereocenters. The Balaban J connectivity index is 0.000000129. The monoisotopic (exact) mass is 1340 g/mol. The standard InChI is InChI=1S/C22H20F3N5O2S.C21H18F3N5O2S.C21H23N7O2/c1-32-21(31)12-7-5-11(6-8-12)20-29-16(17-19(26)27-10-28-30(17)20)15-9-13-3-2-4-14(18(13)33-15)22(23,24)25;22-21(23,24)13-3-1-2-12-8-14(32-17(12)13)15-16-18(25)26-9-27-29(16)19(28-15)10-4-6-11(7-5-10)20(30)31;1-30-15-4-2-3-13-9-14(26-16(13)15)17-18-19(22)24-10-25-28(18)21(27-17)12-7-5-11(6-8-12)20(23)29/h2-4,9-12H,5-8H2,1H3,(H2,26,27,28);1-3,8-11H,4-7H2,(H,30,31)(H2,25,26,27);2-4,9-12,26H,5-8H2,1H3,(H2,23,29)(H2,22,24,25). The highest BCUT2D eigenvalue weighted by Crippen LogP contribution is 2.48. The average molecular weight is 1340 g/mol. The van der Waals surface area contributed by atoms with Gasteiger partial charge in [-0.2, -0.15) is 41.6 Å². The van der Waals surface area contributed by atoms with Gasteiger partial charge in [-0.25, -0.2) is 43.5 Å². The fourth-order valence-electron chi connectivity index (χ4n) is 13.5. The Labute approximate surface area is 542 Å². The highest BCUT2D eigenvalue weighted by atomic mass is 32.1. The summed E-state index contributed by atoms with van der Waals surface area (Å²) in [7, 11) is 3.03. The zero-order valence-corrected chi connectivity index (χ0v) is 52.5. The number of methoxy groups -OCH3 is 2. The third-order valence-corrected chi connectivity index (χ3v) is 20.7. The number of alkyl halides is 6. The van der Waals surface area contributed by atoms with Gasteiger partial charge in [-0.05, 0) is 124 Å². The number of ether oxygens (including phenoxy) is 2. The Hall–Kier alpha value is -10.0. The molecule has 0 aliphatic heterocycles. The molecule has 3 fully saturated rings. The van der Waals surface area contributed by atoms with Crippen LogP contribution >= 0.6 is 22.7 Å². The first kappa shape index (κ1) is 63.7. The number of nitrogen functional groups attached to an aromatic ring is 3. The van der Waals surface area contributed by atoms with E-state index in [0.29, 0.717) is 123 Å². The van der Waals surface area contributed by atoms with Gasteiger partial charge in [0.15, 0.2) is 17.5 Å². The molecule has 0 bridgehead atoms. The van der Waals surface area contributed by atoms with Crippen LogP contribution in [0.1, 0.15) is 123 Å². The molecule has 95 heavy (non-hydrogen) atoms. The van der Waals surface area contributed by atoms with E-state index in [1.54, 1.807) is 44.9 Å². The number of rotatable bonds is 10. The molecule has 3 aliphatic carbocycles. The van der Waals surface area contributed by atoms with Crippen molar-refractivity contribution in [3.8, 4) is 38.3 Å². The largest absolute Gasteiger partial charge is 0.495 e. The number of H-pyrrole nitrogens is 1. The maximum atomic E-state index is 13.5. The second-order valence-electron chi connectivity index (χ2n) is 23.9. The number of halogens is 6. The van der Waals surface area contributed by atoms with Crippen LogP contribution in [0.2, 0.25) is 0 Å². The van der Waals surface area contributed by atoms with E-state index in [-0.39, 0.29) is 68.4 Å². The van der Waals surface area contributed by atoms with Crippen molar-refractivity contribution in [3.05, 3.63) is 120 Å². The SMILES string of the molecule is COC(=O)C1CCC(c2nc(-c3cc4cccc(C(F)(F)F)c4s3)c3c(N)ncnn23)CC1.COc1cccc2cc(-c3nc(C4CCC(C(N)=O)CC4)n4ncnc(N)c34)[nH]c12.Nc1ncnn2c(C3CCC(C(=O)O)CC3)nc(-c3cc4cccc(C(F)(F)F)c4s3)c12. The normalized spacial score (nSPS) is 19.4. The van der Waals surface area contributed by atoms with E-state index >= 15 is 0 Å². The number of carboxylic acid groups (broad SMARTS) is 1. The lowest BCUT2D eigenvalue weighted by Gasteiger charge is -2.25. The molecule has 12 aromatic rings. The molecule has 0 radical (unpaired) electrons. The van der Waals surface area contributed by atoms with Crippen molar-refractivity contribution >= 4 is 106 Å². The Bertz CT molecular complexity index is 4920. The molecule has 0 atom stereocenters. The second kappa shape index (κ2) is 25.4. The lowest BCUT2D eigenvalue weighted by molar-refractivity contribution is -0.146. The summed E-state index contributed by atoms with van der Waals surface area (Å²) in [6.45, 7) is 0. The third-order valence-electron chi connectivity index (χ3n) is 18.3. The van der Waals surface area contributed by atoms with Crippen LogP contribution < -0.4 is 27.7 Å². The molecule has 492 valence electrons. The Morgan fingerprint density at radius 3 is 1.36 bits per heavy atom. The summed E-state index contributed by atoms with van der Waals surface area (Å²) in [5.74, 6) is 2.03. The third kappa shape index (κ3) is 12.1. The number of anilines is 3. The Kier molecular flexibility index (Phi) is 17.0. The van der Waals surface area contributed by atoms with Gasteiger partial charge in [-0.1, -0.05) is 36.4 Å². The molecule has 3 aliphatic rings. The van der Waals surface area contributed by atoms with E-state index in [0.717, 1.165) is 88.7 Å². The van der Waals surface area contributed by atoms with Crippen LogP contribution in [0.5, 0.6) is 5.75 Å². The van der Waals surface area contributed by atoms with E-state index in [9.17, 15) is 45.8 Å². The van der Waals surface area contributed by atoms with Crippen LogP contribution in [0.25, 0.3) is 80.2 Å². The van der Waals surface area contributed by atoms with Gasteiger partial charge in [0.2, 0.25) is 5.91 Å². The summed E-state index contributed by atoms with van der Waals surface area (Å²) in [6, 6.07) is 19.5. The number of aromatic amines is 1. The molecular formula is C64H61F6N17O6S2. The number of thiophene rings is 2. The first-order valence-corrected chi connectivity index (χ1v) is 32.1. The van der Waals surface area contributed by atoms with E-state index < -0.39 is 29.4 Å². The molecule has 31 heteroatoms. The predicted octanol–water partition coefficient (Wildman–Crippen LogP) is 12.6. The number of carbonyl (C=O) groups excluding carboxylic acids is 2. The maximum Gasteiger partial charge on any atom is 0.417 e. The first-order valence-electron chi connectivity index (χ1n) is 30.5. The number of fused-ring (bicyclic) bond motifs is 6. The highest BCUT2D eigenvalue weighted by molar-refractivity contribution is 7.22. The lowest BCUT2D eigenvalue weighted by atomic mass is 9.81. The fraction of sp³-hybridized carbons (Fsp3) is 0.344.